The minimum absolute atomic E-state index is 0.144. The Bertz CT molecular complexity index is 366. The van der Waals surface area contributed by atoms with E-state index in [-0.39, 0.29) is 12.0 Å². The molecule has 1 rings (SSSR count). The Hall–Kier alpha value is -1.03. The summed E-state index contributed by atoms with van der Waals surface area (Å²) in [4.78, 5) is 0. The maximum Gasteiger partial charge on any atom is 0.194 e. The summed E-state index contributed by atoms with van der Waals surface area (Å²) >= 11 is 0. The molecule has 0 saturated carbocycles. The minimum Gasteiger partial charge on any atom is -0.310 e. The lowest BCUT2D eigenvalue weighted by Crippen LogP contribution is -2.28. The predicted octanol–water partition coefficient (Wildman–Crippen LogP) is 4.19. The first-order valence-corrected chi connectivity index (χ1v) is 6.42. The molecule has 1 aromatic carbocycles. The van der Waals surface area contributed by atoms with Crippen LogP contribution in [-0.2, 0) is 0 Å². The highest BCUT2D eigenvalue weighted by Crippen LogP contribution is 2.29. The van der Waals surface area contributed by atoms with Gasteiger partial charge < -0.3 is 5.32 Å². The van der Waals surface area contributed by atoms with Crippen LogP contribution in [0.3, 0.4) is 0 Å². The third kappa shape index (κ3) is 3.25. The van der Waals surface area contributed by atoms with E-state index in [1.807, 2.05) is 20.8 Å². The van der Waals surface area contributed by atoms with Crippen molar-refractivity contribution in [2.24, 2.45) is 5.92 Å². The lowest BCUT2D eigenvalue weighted by atomic mass is 9.88. The summed E-state index contributed by atoms with van der Waals surface area (Å²) in [6.45, 7) is 6.71. The van der Waals surface area contributed by atoms with Crippen LogP contribution in [0.4, 0.5) is 13.2 Å². The maximum atomic E-state index is 13.3. The lowest BCUT2D eigenvalue weighted by molar-refractivity contribution is 0.342. The Morgan fingerprint density at radius 2 is 1.50 bits per heavy atom. The molecule has 0 heterocycles. The fourth-order valence-corrected chi connectivity index (χ4v) is 2.29. The maximum absolute atomic E-state index is 13.3. The summed E-state index contributed by atoms with van der Waals surface area (Å²) in [5.74, 6) is -3.38. The Labute approximate surface area is 106 Å². The highest BCUT2D eigenvalue weighted by molar-refractivity contribution is 5.23. The van der Waals surface area contributed by atoms with Gasteiger partial charge in [-0.15, -0.1) is 0 Å². The molecule has 4 heteroatoms. The standard InChI is InChI=1S/C14H20F3N/c1-4-9(5-2)14(18-6-3)10-7-11(15)13(17)12(16)8-10/h7-9,14,18H,4-6H2,1-3H3. The summed E-state index contributed by atoms with van der Waals surface area (Å²) in [5, 5.41) is 3.22. The molecule has 0 aliphatic heterocycles. The van der Waals surface area contributed by atoms with Gasteiger partial charge in [-0.25, -0.2) is 13.2 Å². The van der Waals surface area contributed by atoms with E-state index in [1.54, 1.807) is 0 Å². The molecule has 0 amide bonds. The molecule has 18 heavy (non-hydrogen) atoms. The summed E-state index contributed by atoms with van der Waals surface area (Å²) in [7, 11) is 0. The molecule has 1 unspecified atom stereocenters. The molecule has 1 N–H and O–H groups in total. The van der Waals surface area contributed by atoms with E-state index in [4.69, 9.17) is 0 Å². The molecular weight excluding hydrogens is 239 g/mol. The fraction of sp³-hybridized carbons (Fsp3) is 0.571. The van der Waals surface area contributed by atoms with Crippen molar-refractivity contribution in [3.05, 3.63) is 35.1 Å². The van der Waals surface area contributed by atoms with Crippen LogP contribution in [0.25, 0.3) is 0 Å². The smallest absolute Gasteiger partial charge is 0.194 e. The van der Waals surface area contributed by atoms with E-state index in [1.165, 1.54) is 0 Å². The van der Waals surface area contributed by atoms with Gasteiger partial charge in [0.25, 0.3) is 0 Å². The molecule has 0 radical (unpaired) electrons. The number of rotatable bonds is 6. The van der Waals surface area contributed by atoms with Crippen LogP contribution in [0.15, 0.2) is 12.1 Å². The molecule has 0 fully saturated rings. The first-order valence-electron chi connectivity index (χ1n) is 6.42. The Morgan fingerprint density at radius 1 is 1.00 bits per heavy atom. The summed E-state index contributed by atoms with van der Waals surface area (Å²) < 4.78 is 39.5. The second kappa shape index (κ2) is 6.78. The van der Waals surface area contributed by atoms with Gasteiger partial charge in [0.1, 0.15) is 0 Å². The van der Waals surface area contributed by atoms with Crippen molar-refractivity contribution in [3.63, 3.8) is 0 Å². The van der Waals surface area contributed by atoms with E-state index in [2.05, 4.69) is 5.32 Å². The second-order valence-electron chi connectivity index (χ2n) is 4.41. The molecule has 102 valence electrons. The first kappa shape index (κ1) is 15.0. The Balaban J connectivity index is 3.12. The fourth-order valence-electron chi connectivity index (χ4n) is 2.29. The third-order valence-electron chi connectivity index (χ3n) is 3.31. The van der Waals surface area contributed by atoms with Crippen LogP contribution in [0.2, 0.25) is 0 Å². The van der Waals surface area contributed by atoms with Gasteiger partial charge in [-0.05, 0) is 30.2 Å². The van der Waals surface area contributed by atoms with Gasteiger partial charge >= 0.3 is 0 Å². The molecule has 0 bridgehead atoms. The highest BCUT2D eigenvalue weighted by Gasteiger charge is 2.22. The van der Waals surface area contributed by atoms with Crippen LogP contribution in [0.5, 0.6) is 0 Å². The van der Waals surface area contributed by atoms with Gasteiger partial charge in [0.15, 0.2) is 17.5 Å². The quantitative estimate of drug-likeness (QED) is 0.755. The molecule has 0 spiro atoms. The molecule has 1 aromatic rings. The zero-order chi connectivity index (χ0) is 13.7. The zero-order valence-electron chi connectivity index (χ0n) is 11.1. The molecule has 0 aliphatic carbocycles. The van der Waals surface area contributed by atoms with E-state index in [9.17, 15) is 13.2 Å². The number of hydrogen-bond acceptors (Lipinski definition) is 1. The normalized spacial score (nSPS) is 13.1. The molecule has 1 atom stereocenters. The summed E-state index contributed by atoms with van der Waals surface area (Å²) in [6.07, 6.45) is 1.80. The van der Waals surface area contributed by atoms with Crippen molar-refractivity contribution in [3.8, 4) is 0 Å². The van der Waals surface area contributed by atoms with E-state index < -0.39 is 17.5 Å². The van der Waals surface area contributed by atoms with Crippen LogP contribution >= 0.6 is 0 Å². The van der Waals surface area contributed by atoms with Crippen LogP contribution in [0, 0.1) is 23.4 Å². The lowest BCUT2D eigenvalue weighted by Gasteiger charge is -2.26. The topological polar surface area (TPSA) is 12.0 Å². The van der Waals surface area contributed by atoms with Crippen LogP contribution < -0.4 is 5.32 Å². The van der Waals surface area contributed by atoms with Crippen molar-refractivity contribution >= 4 is 0 Å². The Morgan fingerprint density at radius 3 is 1.89 bits per heavy atom. The van der Waals surface area contributed by atoms with Gasteiger partial charge in [0.2, 0.25) is 0 Å². The minimum atomic E-state index is -1.40. The first-order chi connectivity index (χ1) is 8.54. The number of nitrogens with one attached hydrogen (secondary N) is 1. The molecule has 0 aromatic heterocycles. The van der Waals surface area contributed by atoms with Crippen molar-refractivity contribution in [1.82, 2.24) is 5.32 Å². The average Bonchev–Trinajstić information content (AvgIpc) is 2.35. The van der Waals surface area contributed by atoms with Gasteiger partial charge in [0, 0.05) is 6.04 Å². The predicted molar refractivity (Wildman–Crippen MR) is 66.8 cm³/mol. The van der Waals surface area contributed by atoms with Gasteiger partial charge in [-0.1, -0.05) is 33.6 Å². The van der Waals surface area contributed by atoms with Crippen molar-refractivity contribution in [1.29, 1.82) is 0 Å². The van der Waals surface area contributed by atoms with Gasteiger partial charge in [-0.2, -0.15) is 0 Å². The van der Waals surface area contributed by atoms with Crippen LogP contribution in [0.1, 0.15) is 45.2 Å². The largest absolute Gasteiger partial charge is 0.310 e. The Kier molecular flexibility index (Phi) is 5.66. The number of halogens is 3. The van der Waals surface area contributed by atoms with Gasteiger partial charge in [0.05, 0.1) is 0 Å². The van der Waals surface area contributed by atoms with E-state index in [0.29, 0.717) is 12.1 Å². The molecule has 1 nitrogen and oxygen atoms in total. The SMILES string of the molecule is CCNC(c1cc(F)c(F)c(F)c1)C(CC)CC. The monoisotopic (exact) mass is 259 g/mol. The van der Waals surface area contributed by atoms with Gasteiger partial charge in [-0.3, -0.25) is 0 Å². The molecule has 0 saturated heterocycles. The van der Waals surface area contributed by atoms with E-state index >= 15 is 0 Å². The van der Waals surface area contributed by atoms with E-state index in [0.717, 1.165) is 25.0 Å². The highest BCUT2D eigenvalue weighted by atomic mass is 19.2. The third-order valence-corrected chi connectivity index (χ3v) is 3.31. The number of hydrogen-bond donors (Lipinski definition) is 1. The van der Waals surface area contributed by atoms with Crippen molar-refractivity contribution in [2.45, 2.75) is 39.7 Å². The number of benzene rings is 1. The van der Waals surface area contributed by atoms with Crippen molar-refractivity contribution in [2.75, 3.05) is 6.54 Å². The molecule has 0 aliphatic rings. The second-order valence-corrected chi connectivity index (χ2v) is 4.41. The average molecular weight is 259 g/mol. The van der Waals surface area contributed by atoms with Crippen LogP contribution in [-0.4, -0.2) is 6.54 Å². The van der Waals surface area contributed by atoms with Crippen molar-refractivity contribution < 1.29 is 13.2 Å². The summed E-state index contributed by atoms with van der Waals surface area (Å²) in [6, 6.07) is 2.03. The molecular formula is C14H20F3N. The zero-order valence-corrected chi connectivity index (χ0v) is 11.1. The summed E-state index contributed by atoms with van der Waals surface area (Å²) in [5.41, 5.74) is 0.474.